The van der Waals surface area contributed by atoms with Crippen molar-refractivity contribution >= 4 is 66.4 Å². The first-order valence-corrected chi connectivity index (χ1v) is 16.9. The third kappa shape index (κ3) is 4.71. The lowest BCUT2D eigenvalue weighted by molar-refractivity contribution is 0.290. The summed E-state index contributed by atoms with van der Waals surface area (Å²) in [5, 5.41) is 8.61. The van der Waals surface area contributed by atoms with Gasteiger partial charge in [-0.15, -0.1) is 0 Å². The number of benzene rings is 7. The van der Waals surface area contributed by atoms with E-state index in [1.807, 2.05) is 0 Å². The van der Waals surface area contributed by atoms with Crippen molar-refractivity contribution in [2.75, 3.05) is 4.90 Å². The fourth-order valence-electron chi connectivity index (χ4n) is 7.62. The molecule has 1 aromatic heterocycles. The monoisotopic (exact) mass is 619 g/mol. The SMILES string of the molecule is CC(C)(C)C1C=Cc2oc3c(cc(-c4cccc(N(c5ccccc5)c5ccc6ccc7ccccc7c6c5)c4)c4ccccc43)c2C1. The maximum Gasteiger partial charge on any atom is 0.142 e. The van der Waals surface area contributed by atoms with Crippen LogP contribution >= 0.6 is 0 Å². The Kier molecular flexibility index (Phi) is 6.55. The first-order chi connectivity index (χ1) is 23.4. The number of fused-ring (bicyclic) bond motifs is 8. The standard InChI is InChI=1S/C46H37NO/c1-46(2,3)33-23-25-44-42(27-33)43-29-41(38-18-9-10-19-39(38)45(43)48-44)32-13-11-16-35(26-32)47(34-14-5-4-6-15-34)36-24-22-31-21-20-30-12-7-8-17-37(30)40(31)28-36/h4-26,28-29,33H,27H2,1-3H3. The number of hydrogen-bond donors (Lipinski definition) is 0. The number of hydrogen-bond acceptors (Lipinski definition) is 2. The van der Waals surface area contributed by atoms with E-state index in [4.69, 9.17) is 4.42 Å². The number of anilines is 3. The molecular weight excluding hydrogens is 583 g/mol. The van der Waals surface area contributed by atoms with E-state index in [0.29, 0.717) is 5.92 Å². The van der Waals surface area contributed by atoms with Crippen molar-refractivity contribution < 1.29 is 4.42 Å². The summed E-state index contributed by atoms with van der Waals surface area (Å²) in [5.74, 6) is 1.46. The minimum Gasteiger partial charge on any atom is -0.456 e. The van der Waals surface area contributed by atoms with Gasteiger partial charge in [-0.2, -0.15) is 0 Å². The average Bonchev–Trinajstić information content (AvgIpc) is 3.50. The van der Waals surface area contributed by atoms with Crippen LogP contribution in [0, 0.1) is 11.3 Å². The Morgan fingerprint density at radius 1 is 0.562 bits per heavy atom. The van der Waals surface area contributed by atoms with Gasteiger partial charge in [0.25, 0.3) is 0 Å². The molecule has 7 aromatic carbocycles. The predicted molar refractivity (Wildman–Crippen MR) is 205 cm³/mol. The molecule has 1 heterocycles. The summed E-state index contributed by atoms with van der Waals surface area (Å²) >= 11 is 0. The summed E-state index contributed by atoms with van der Waals surface area (Å²) in [4.78, 5) is 2.38. The van der Waals surface area contributed by atoms with Crippen molar-refractivity contribution in [3.05, 3.63) is 157 Å². The molecule has 0 saturated carbocycles. The molecule has 0 spiro atoms. The first kappa shape index (κ1) is 28.6. The fourth-order valence-corrected chi connectivity index (χ4v) is 7.62. The lowest BCUT2D eigenvalue weighted by atomic mass is 9.74. The van der Waals surface area contributed by atoms with Crippen LogP contribution in [0.15, 0.2) is 150 Å². The summed E-state index contributed by atoms with van der Waals surface area (Å²) < 4.78 is 6.60. The number of para-hydroxylation sites is 1. The number of allylic oxidation sites excluding steroid dienone is 1. The van der Waals surface area contributed by atoms with Crippen molar-refractivity contribution in [3.8, 4) is 11.1 Å². The molecule has 2 heteroatoms. The van der Waals surface area contributed by atoms with Gasteiger partial charge >= 0.3 is 0 Å². The highest BCUT2D eigenvalue weighted by Gasteiger charge is 2.29. The molecule has 2 nitrogen and oxygen atoms in total. The zero-order chi connectivity index (χ0) is 32.4. The number of rotatable bonds is 4. The Balaban J connectivity index is 1.23. The van der Waals surface area contributed by atoms with Crippen LogP contribution in [0.1, 0.15) is 32.1 Å². The fraction of sp³-hybridized carbons (Fsp3) is 0.130. The Bertz CT molecular complexity index is 2530. The second kappa shape index (κ2) is 11.0. The Morgan fingerprint density at radius 3 is 2.04 bits per heavy atom. The topological polar surface area (TPSA) is 16.4 Å². The van der Waals surface area contributed by atoms with Crippen molar-refractivity contribution in [1.82, 2.24) is 0 Å². The molecule has 232 valence electrons. The largest absolute Gasteiger partial charge is 0.456 e. The van der Waals surface area contributed by atoms with E-state index < -0.39 is 0 Å². The lowest BCUT2D eigenvalue weighted by Gasteiger charge is -2.30. The van der Waals surface area contributed by atoms with Gasteiger partial charge in [0.05, 0.1) is 0 Å². The third-order valence-corrected chi connectivity index (χ3v) is 10.3. The summed E-state index contributed by atoms with van der Waals surface area (Å²) in [7, 11) is 0. The Morgan fingerprint density at radius 2 is 1.23 bits per heavy atom. The summed E-state index contributed by atoms with van der Waals surface area (Å²) in [6.07, 6.45) is 5.53. The zero-order valence-corrected chi connectivity index (χ0v) is 27.6. The summed E-state index contributed by atoms with van der Waals surface area (Å²) in [5.41, 5.74) is 8.28. The van der Waals surface area contributed by atoms with E-state index in [0.717, 1.165) is 40.2 Å². The van der Waals surface area contributed by atoms with Crippen LogP contribution < -0.4 is 4.90 Å². The van der Waals surface area contributed by atoms with Crippen LogP contribution in [0.2, 0.25) is 0 Å². The molecule has 1 atom stereocenters. The Hall–Kier alpha value is -5.60. The second-order valence-corrected chi connectivity index (χ2v) is 14.2. The van der Waals surface area contributed by atoms with Crippen molar-refractivity contribution in [2.45, 2.75) is 27.2 Å². The van der Waals surface area contributed by atoms with Crippen LogP contribution in [0.3, 0.4) is 0 Å². The van der Waals surface area contributed by atoms with E-state index in [1.165, 1.54) is 49.0 Å². The number of nitrogens with zero attached hydrogens (tertiary/aromatic N) is 1. The van der Waals surface area contributed by atoms with Gasteiger partial charge in [0.2, 0.25) is 0 Å². The summed E-state index contributed by atoms with van der Waals surface area (Å²) in [6, 6.07) is 50.7. The van der Waals surface area contributed by atoms with Gasteiger partial charge in [0, 0.05) is 33.4 Å². The highest BCUT2D eigenvalue weighted by Crippen LogP contribution is 2.45. The minimum absolute atomic E-state index is 0.182. The molecule has 0 N–H and O–H groups in total. The maximum absolute atomic E-state index is 6.60. The molecule has 9 rings (SSSR count). The maximum atomic E-state index is 6.60. The van der Waals surface area contributed by atoms with Crippen molar-refractivity contribution in [2.24, 2.45) is 11.3 Å². The molecular formula is C46H37NO. The van der Waals surface area contributed by atoms with Gasteiger partial charge in [-0.05, 0) is 104 Å². The van der Waals surface area contributed by atoms with Crippen LogP contribution in [-0.2, 0) is 6.42 Å². The molecule has 0 bridgehead atoms. The van der Waals surface area contributed by atoms with Crippen LogP contribution in [0.25, 0.3) is 60.5 Å². The highest BCUT2D eigenvalue weighted by atomic mass is 16.3. The van der Waals surface area contributed by atoms with Crippen LogP contribution in [-0.4, -0.2) is 0 Å². The molecule has 0 amide bonds. The van der Waals surface area contributed by atoms with E-state index in [-0.39, 0.29) is 5.41 Å². The quantitative estimate of drug-likeness (QED) is 0.182. The van der Waals surface area contributed by atoms with Gasteiger partial charge in [-0.25, -0.2) is 0 Å². The zero-order valence-electron chi connectivity index (χ0n) is 27.6. The molecule has 48 heavy (non-hydrogen) atoms. The molecule has 0 radical (unpaired) electrons. The summed E-state index contributed by atoms with van der Waals surface area (Å²) in [6.45, 7) is 6.99. The van der Waals surface area contributed by atoms with Gasteiger partial charge in [-0.3, -0.25) is 0 Å². The van der Waals surface area contributed by atoms with E-state index >= 15 is 0 Å². The first-order valence-electron chi connectivity index (χ1n) is 16.9. The lowest BCUT2D eigenvalue weighted by Crippen LogP contribution is -2.22. The van der Waals surface area contributed by atoms with Gasteiger partial charge in [-0.1, -0.05) is 124 Å². The molecule has 1 unspecified atom stereocenters. The molecule has 8 aromatic rings. The average molecular weight is 620 g/mol. The van der Waals surface area contributed by atoms with Crippen LogP contribution in [0.4, 0.5) is 17.1 Å². The molecule has 0 saturated heterocycles. The van der Waals surface area contributed by atoms with Crippen LogP contribution in [0.5, 0.6) is 0 Å². The third-order valence-electron chi connectivity index (χ3n) is 10.3. The second-order valence-electron chi connectivity index (χ2n) is 14.2. The highest BCUT2D eigenvalue weighted by molar-refractivity contribution is 6.13. The minimum atomic E-state index is 0.182. The molecule has 0 fully saturated rings. The normalized spacial score (nSPS) is 14.6. The van der Waals surface area contributed by atoms with Crippen molar-refractivity contribution in [3.63, 3.8) is 0 Å². The van der Waals surface area contributed by atoms with Gasteiger partial charge in [0.1, 0.15) is 11.3 Å². The van der Waals surface area contributed by atoms with Gasteiger partial charge in [0.15, 0.2) is 0 Å². The van der Waals surface area contributed by atoms with Crippen molar-refractivity contribution in [1.29, 1.82) is 0 Å². The van der Waals surface area contributed by atoms with E-state index in [1.54, 1.807) is 0 Å². The van der Waals surface area contributed by atoms with E-state index in [2.05, 4.69) is 177 Å². The molecule has 1 aliphatic carbocycles. The number of furan rings is 1. The smallest absolute Gasteiger partial charge is 0.142 e. The van der Waals surface area contributed by atoms with E-state index in [9.17, 15) is 0 Å². The molecule has 1 aliphatic rings. The predicted octanol–water partition coefficient (Wildman–Crippen LogP) is 13.3. The Labute approximate surface area is 281 Å². The van der Waals surface area contributed by atoms with Gasteiger partial charge < -0.3 is 9.32 Å². The molecule has 0 aliphatic heterocycles.